The Morgan fingerprint density at radius 1 is 1.37 bits per heavy atom. The number of nitrogens with zero attached hydrogens (tertiary/aromatic N) is 2. The summed E-state index contributed by atoms with van der Waals surface area (Å²) in [4.78, 5) is 31.0. The van der Waals surface area contributed by atoms with E-state index in [0.29, 0.717) is 30.3 Å². The van der Waals surface area contributed by atoms with Crippen LogP contribution in [0.1, 0.15) is 52.0 Å². The van der Waals surface area contributed by atoms with Gasteiger partial charge >= 0.3 is 0 Å². The molecule has 1 saturated heterocycles. The highest BCUT2D eigenvalue weighted by Crippen LogP contribution is 2.42. The van der Waals surface area contributed by atoms with Gasteiger partial charge in [0, 0.05) is 36.3 Å². The zero-order valence-electron chi connectivity index (χ0n) is 18.4. The van der Waals surface area contributed by atoms with E-state index in [1.54, 1.807) is 6.92 Å². The molecule has 1 aliphatic rings. The minimum atomic E-state index is -0.297. The van der Waals surface area contributed by atoms with E-state index >= 15 is 0 Å². The number of rotatable bonds is 7. The van der Waals surface area contributed by atoms with Gasteiger partial charge in [0.2, 0.25) is 5.91 Å². The van der Waals surface area contributed by atoms with Crippen LogP contribution >= 0.6 is 11.6 Å². The Hall–Kier alpha value is -2.40. The van der Waals surface area contributed by atoms with E-state index in [4.69, 9.17) is 11.6 Å². The maximum Gasteiger partial charge on any atom is 0.253 e. The van der Waals surface area contributed by atoms with Crippen LogP contribution in [0.2, 0.25) is 5.02 Å². The highest BCUT2D eigenvalue weighted by Gasteiger charge is 2.38. The molecule has 1 aliphatic heterocycles. The first-order valence-electron chi connectivity index (χ1n) is 10.2. The lowest BCUT2D eigenvalue weighted by Crippen LogP contribution is -2.48. The van der Waals surface area contributed by atoms with Gasteiger partial charge in [-0.1, -0.05) is 50.2 Å². The van der Waals surface area contributed by atoms with Crippen molar-refractivity contribution in [3.8, 4) is 0 Å². The van der Waals surface area contributed by atoms with Crippen LogP contribution in [0.4, 0.5) is 0 Å². The molecule has 0 aromatic heterocycles. The first-order chi connectivity index (χ1) is 14.1. The first kappa shape index (κ1) is 23.9. The molecular weight excluding hydrogens is 398 g/mol. The van der Waals surface area contributed by atoms with Crippen LogP contribution in [-0.4, -0.2) is 42.6 Å². The molecule has 1 aromatic carbocycles. The van der Waals surface area contributed by atoms with Crippen molar-refractivity contribution in [1.82, 2.24) is 10.2 Å². The van der Waals surface area contributed by atoms with E-state index in [2.05, 4.69) is 49.6 Å². The number of nitrogens with one attached hydrogen (secondary N) is 1. The van der Waals surface area contributed by atoms with Gasteiger partial charge in [0.05, 0.1) is 5.57 Å². The predicted octanol–water partition coefficient (Wildman–Crippen LogP) is 4.74. The Kier molecular flexibility index (Phi) is 8.02. The zero-order valence-corrected chi connectivity index (χ0v) is 19.1. The van der Waals surface area contributed by atoms with E-state index in [-0.39, 0.29) is 29.7 Å². The summed E-state index contributed by atoms with van der Waals surface area (Å²) in [6.45, 7) is 16.4. The Morgan fingerprint density at radius 2 is 2.00 bits per heavy atom. The third-order valence-electron chi connectivity index (χ3n) is 5.79. The molecule has 5 nitrogen and oxygen atoms in total. The summed E-state index contributed by atoms with van der Waals surface area (Å²) in [5.74, 6) is 0.121. The highest BCUT2D eigenvalue weighted by molar-refractivity contribution is 6.30. The molecular formula is C24H32ClN3O2. The number of allylic oxidation sites excluding steroid dienone is 1. The van der Waals surface area contributed by atoms with Gasteiger partial charge in [-0.3, -0.25) is 14.6 Å². The fourth-order valence-corrected chi connectivity index (χ4v) is 4.24. The standard InChI is InChI=1S/C24H32ClN3O2/c1-7-20(17(3)26-6)23(30)27-16(2)14-22(29)28-13-12-21(24(4,5)15-28)18-8-10-19(25)11-9-18/h7-11,16,21H,1,6,12-15H2,2-5H3,(H,27,30)/b20-17+/t16-,21?/m1/s1. The quantitative estimate of drug-likeness (QED) is 0.386. The molecule has 162 valence electrons. The third-order valence-corrected chi connectivity index (χ3v) is 6.04. The zero-order chi connectivity index (χ0) is 22.5. The molecule has 1 unspecified atom stereocenters. The predicted molar refractivity (Wildman–Crippen MR) is 124 cm³/mol. The van der Waals surface area contributed by atoms with Crippen molar-refractivity contribution in [2.75, 3.05) is 13.1 Å². The number of hydrogen-bond donors (Lipinski definition) is 1. The van der Waals surface area contributed by atoms with Gasteiger partial charge in [-0.15, -0.1) is 0 Å². The van der Waals surface area contributed by atoms with Crippen molar-refractivity contribution < 1.29 is 9.59 Å². The summed E-state index contributed by atoms with van der Waals surface area (Å²) in [6, 6.07) is 7.70. The Labute approximate surface area is 184 Å². The highest BCUT2D eigenvalue weighted by atomic mass is 35.5. The number of benzene rings is 1. The molecule has 0 aliphatic carbocycles. The molecule has 30 heavy (non-hydrogen) atoms. The first-order valence-corrected chi connectivity index (χ1v) is 10.6. The summed E-state index contributed by atoms with van der Waals surface area (Å²) in [5, 5.41) is 3.59. The fourth-order valence-electron chi connectivity index (χ4n) is 4.12. The minimum absolute atomic E-state index is 0.0492. The van der Waals surface area contributed by atoms with Gasteiger partial charge in [0.15, 0.2) is 0 Å². The summed E-state index contributed by atoms with van der Waals surface area (Å²) >= 11 is 6.03. The third kappa shape index (κ3) is 5.82. The number of carbonyl (C=O) groups excluding carboxylic acids is 2. The molecule has 6 heteroatoms. The van der Waals surface area contributed by atoms with Crippen molar-refractivity contribution in [3.63, 3.8) is 0 Å². The van der Waals surface area contributed by atoms with Crippen molar-refractivity contribution >= 4 is 30.1 Å². The van der Waals surface area contributed by atoms with Gasteiger partial charge < -0.3 is 10.2 Å². The van der Waals surface area contributed by atoms with Gasteiger partial charge in [0.1, 0.15) is 0 Å². The second-order valence-corrected chi connectivity index (χ2v) is 9.07. The lowest BCUT2D eigenvalue weighted by atomic mass is 9.70. The van der Waals surface area contributed by atoms with Crippen LogP contribution in [0.25, 0.3) is 0 Å². The number of likely N-dealkylation sites (tertiary alicyclic amines) is 1. The van der Waals surface area contributed by atoms with E-state index in [1.165, 1.54) is 11.6 Å². The monoisotopic (exact) mass is 429 g/mol. The number of amides is 2. The van der Waals surface area contributed by atoms with Crippen LogP contribution < -0.4 is 5.32 Å². The maximum absolute atomic E-state index is 12.9. The van der Waals surface area contributed by atoms with Gasteiger partial charge in [-0.05, 0) is 56.0 Å². The summed E-state index contributed by atoms with van der Waals surface area (Å²) in [6.07, 6.45) is 2.60. The lowest BCUT2D eigenvalue weighted by Gasteiger charge is -2.45. The largest absolute Gasteiger partial charge is 0.349 e. The van der Waals surface area contributed by atoms with Gasteiger partial charge in [-0.25, -0.2) is 0 Å². The minimum Gasteiger partial charge on any atom is -0.349 e. The Balaban J connectivity index is 1.98. The van der Waals surface area contributed by atoms with Crippen molar-refractivity contribution in [1.29, 1.82) is 0 Å². The summed E-state index contributed by atoms with van der Waals surface area (Å²) < 4.78 is 0. The molecule has 1 N–H and O–H groups in total. The normalized spacial score (nSPS) is 20.0. The molecule has 2 amide bonds. The molecule has 1 fully saturated rings. The van der Waals surface area contributed by atoms with Crippen LogP contribution in [0.3, 0.4) is 0 Å². The van der Waals surface area contributed by atoms with Gasteiger partial charge in [-0.2, -0.15) is 0 Å². The van der Waals surface area contributed by atoms with Crippen LogP contribution in [-0.2, 0) is 9.59 Å². The van der Waals surface area contributed by atoms with Crippen LogP contribution in [0.15, 0.2) is 53.2 Å². The average molecular weight is 430 g/mol. The number of carbonyl (C=O) groups is 2. The number of hydrogen-bond acceptors (Lipinski definition) is 3. The lowest BCUT2D eigenvalue weighted by molar-refractivity contribution is -0.135. The Morgan fingerprint density at radius 3 is 2.53 bits per heavy atom. The van der Waals surface area contributed by atoms with Crippen molar-refractivity contribution in [3.05, 3.63) is 58.8 Å². The summed E-state index contributed by atoms with van der Waals surface area (Å²) in [7, 11) is 0. The maximum atomic E-state index is 12.9. The van der Waals surface area contributed by atoms with Crippen molar-refractivity contribution in [2.45, 2.75) is 52.5 Å². The molecule has 0 radical (unpaired) electrons. The average Bonchev–Trinajstić information content (AvgIpc) is 2.68. The number of halogens is 1. The Bertz CT molecular complexity index is 843. The van der Waals surface area contributed by atoms with Crippen LogP contribution in [0, 0.1) is 5.41 Å². The fraction of sp³-hybridized carbons (Fsp3) is 0.458. The molecule has 1 heterocycles. The SMILES string of the molecule is C=C/C(C(=O)N[C@H](C)CC(=O)N1CCC(c2ccc(Cl)cc2)C(C)(C)C1)=C(/C)N=C. The van der Waals surface area contributed by atoms with Crippen LogP contribution in [0.5, 0.6) is 0 Å². The molecule has 2 atom stereocenters. The second-order valence-electron chi connectivity index (χ2n) is 8.64. The van der Waals surface area contributed by atoms with Gasteiger partial charge in [0.25, 0.3) is 5.91 Å². The van der Waals surface area contributed by atoms with E-state index in [9.17, 15) is 9.59 Å². The van der Waals surface area contributed by atoms with E-state index in [1.807, 2.05) is 24.0 Å². The van der Waals surface area contributed by atoms with E-state index < -0.39 is 0 Å². The number of aliphatic imine (C=N–C) groups is 1. The number of piperidine rings is 1. The second kappa shape index (κ2) is 10.1. The summed E-state index contributed by atoms with van der Waals surface area (Å²) in [5.41, 5.74) is 2.08. The topological polar surface area (TPSA) is 61.8 Å². The van der Waals surface area contributed by atoms with E-state index in [0.717, 1.165) is 11.4 Å². The molecule has 0 saturated carbocycles. The molecule has 2 rings (SSSR count). The van der Waals surface area contributed by atoms with Crippen molar-refractivity contribution in [2.24, 2.45) is 10.4 Å². The smallest absolute Gasteiger partial charge is 0.253 e. The molecule has 0 bridgehead atoms. The molecule has 1 aromatic rings. The molecule has 0 spiro atoms.